The standard InChI is InChI=1S/C10H11ClO2/c1-8(11)7-13-10-4-2-3-9(5-10)6-12/h2-5,12H,1,6-7H2. The lowest BCUT2D eigenvalue weighted by molar-refractivity contribution is 0.280. The normalized spacial score (nSPS) is 9.69. The second kappa shape index (κ2) is 4.90. The predicted molar refractivity (Wildman–Crippen MR) is 52.9 cm³/mol. The van der Waals surface area contributed by atoms with Gasteiger partial charge in [0.15, 0.2) is 0 Å². The zero-order valence-corrected chi connectivity index (χ0v) is 7.92. The van der Waals surface area contributed by atoms with Gasteiger partial charge < -0.3 is 9.84 Å². The molecule has 1 aromatic rings. The molecule has 1 N–H and O–H groups in total. The molecule has 1 rings (SSSR count). The van der Waals surface area contributed by atoms with Crippen molar-refractivity contribution in [2.24, 2.45) is 0 Å². The fourth-order valence-corrected chi connectivity index (χ4v) is 0.950. The molecule has 13 heavy (non-hydrogen) atoms. The van der Waals surface area contributed by atoms with Crippen molar-refractivity contribution >= 4 is 11.6 Å². The zero-order valence-electron chi connectivity index (χ0n) is 7.16. The van der Waals surface area contributed by atoms with Gasteiger partial charge in [0.2, 0.25) is 0 Å². The van der Waals surface area contributed by atoms with Crippen molar-refractivity contribution in [2.75, 3.05) is 6.61 Å². The maximum atomic E-state index is 8.84. The van der Waals surface area contributed by atoms with Gasteiger partial charge in [0.25, 0.3) is 0 Å². The van der Waals surface area contributed by atoms with Gasteiger partial charge in [-0.3, -0.25) is 0 Å². The van der Waals surface area contributed by atoms with Gasteiger partial charge in [-0.25, -0.2) is 0 Å². The van der Waals surface area contributed by atoms with Crippen molar-refractivity contribution in [3.8, 4) is 5.75 Å². The van der Waals surface area contributed by atoms with Crippen LogP contribution in [0.25, 0.3) is 0 Å². The lowest BCUT2D eigenvalue weighted by Gasteiger charge is -2.05. The minimum atomic E-state index is 0.0129. The Balaban J connectivity index is 2.61. The van der Waals surface area contributed by atoms with E-state index in [9.17, 15) is 0 Å². The number of ether oxygens (including phenoxy) is 1. The van der Waals surface area contributed by atoms with Crippen molar-refractivity contribution in [1.29, 1.82) is 0 Å². The minimum absolute atomic E-state index is 0.0129. The molecule has 0 radical (unpaired) electrons. The van der Waals surface area contributed by atoms with Crippen LogP contribution in [-0.4, -0.2) is 11.7 Å². The monoisotopic (exact) mass is 198 g/mol. The van der Waals surface area contributed by atoms with Gasteiger partial charge >= 0.3 is 0 Å². The molecule has 0 unspecified atom stereocenters. The van der Waals surface area contributed by atoms with Crippen LogP contribution in [0, 0.1) is 0 Å². The van der Waals surface area contributed by atoms with E-state index in [2.05, 4.69) is 6.58 Å². The average Bonchev–Trinajstić information content (AvgIpc) is 2.15. The average molecular weight is 199 g/mol. The summed E-state index contributed by atoms with van der Waals surface area (Å²) in [5, 5.41) is 9.29. The van der Waals surface area contributed by atoms with E-state index in [1.54, 1.807) is 12.1 Å². The third-order valence-electron chi connectivity index (χ3n) is 1.48. The number of rotatable bonds is 4. The van der Waals surface area contributed by atoms with Gasteiger partial charge in [0, 0.05) is 5.03 Å². The molecular weight excluding hydrogens is 188 g/mol. The SMILES string of the molecule is C=C(Cl)COc1cccc(CO)c1. The summed E-state index contributed by atoms with van der Waals surface area (Å²) in [6.45, 7) is 3.80. The molecular formula is C10H11ClO2. The lowest BCUT2D eigenvalue weighted by Crippen LogP contribution is -1.96. The fraction of sp³-hybridized carbons (Fsp3) is 0.200. The number of hydrogen-bond donors (Lipinski definition) is 1. The van der Waals surface area contributed by atoms with Crippen LogP contribution >= 0.6 is 11.6 Å². The number of halogens is 1. The van der Waals surface area contributed by atoms with Gasteiger partial charge in [-0.1, -0.05) is 30.3 Å². The summed E-state index contributed by atoms with van der Waals surface area (Å²) in [7, 11) is 0. The van der Waals surface area contributed by atoms with Crippen molar-refractivity contribution < 1.29 is 9.84 Å². The van der Waals surface area contributed by atoms with Crippen LogP contribution in [0.1, 0.15) is 5.56 Å². The van der Waals surface area contributed by atoms with Crippen LogP contribution in [0.4, 0.5) is 0 Å². The third kappa shape index (κ3) is 3.49. The van der Waals surface area contributed by atoms with E-state index < -0.39 is 0 Å². The first-order valence-electron chi connectivity index (χ1n) is 3.88. The van der Waals surface area contributed by atoms with Crippen LogP contribution in [0.5, 0.6) is 5.75 Å². The molecule has 0 heterocycles. The van der Waals surface area contributed by atoms with Crippen molar-refractivity contribution in [1.82, 2.24) is 0 Å². The zero-order chi connectivity index (χ0) is 9.68. The Morgan fingerprint density at radius 1 is 1.54 bits per heavy atom. The first-order valence-corrected chi connectivity index (χ1v) is 4.26. The molecule has 0 aliphatic rings. The first kappa shape index (κ1) is 10.1. The maximum absolute atomic E-state index is 8.84. The van der Waals surface area contributed by atoms with E-state index in [0.717, 1.165) is 5.56 Å². The van der Waals surface area contributed by atoms with Crippen molar-refractivity contribution in [3.05, 3.63) is 41.4 Å². The van der Waals surface area contributed by atoms with Crippen molar-refractivity contribution in [3.63, 3.8) is 0 Å². The summed E-state index contributed by atoms with van der Waals surface area (Å²) < 4.78 is 5.27. The van der Waals surface area contributed by atoms with Crippen LogP contribution in [0.3, 0.4) is 0 Å². The maximum Gasteiger partial charge on any atom is 0.123 e. The number of benzene rings is 1. The predicted octanol–water partition coefficient (Wildman–Crippen LogP) is 2.31. The van der Waals surface area contributed by atoms with Gasteiger partial charge in [0.05, 0.1) is 6.61 Å². The molecule has 2 nitrogen and oxygen atoms in total. The van der Waals surface area contributed by atoms with E-state index in [0.29, 0.717) is 10.8 Å². The highest BCUT2D eigenvalue weighted by atomic mass is 35.5. The summed E-state index contributed by atoms with van der Waals surface area (Å²) in [5.74, 6) is 0.688. The molecule has 0 spiro atoms. The highest BCUT2D eigenvalue weighted by molar-refractivity contribution is 6.29. The summed E-state index contributed by atoms with van der Waals surface area (Å²) in [6.07, 6.45) is 0. The number of aliphatic hydroxyl groups is 1. The number of hydrogen-bond acceptors (Lipinski definition) is 2. The Labute approximate surface area is 82.4 Å². The quantitative estimate of drug-likeness (QED) is 0.805. The van der Waals surface area contributed by atoms with Crippen LogP contribution < -0.4 is 4.74 Å². The van der Waals surface area contributed by atoms with E-state index in [-0.39, 0.29) is 13.2 Å². The molecule has 0 saturated heterocycles. The Bertz CT molecular complexity index is 297. The fourth-order valence-electron chi connectivity index (χ4n) is 0.895. The molecule has 0 bridgehead atoms. The summed E-state index contributed by atoms with van der Waals surface area (Å²) in [4.78, 5) is 0. The van der Waals surface area contributed by atoms with E-state index >= 15 is 0 Å². The van der Waals surface area contributed by atoms with Crippen LogP contribution in [0.15, 0.2) is 35.9 Å². The third-order valence-corrected chi connectivity index (χ3v) is 1.59. The molecule has 0 aliphatic heterocycles. The Morgan fingerprint density at radius 2 is 2.31 bits per heavy atom. The smallest absolute Gasteiger partial charge is 0.123 e. The first-order chi connectivity index (χ1) is 6.22. The van der Waals surface area contributed by atoms with Crippen molar-refractivity contribution in [2.45, 2.75) is 6.61 Å². The molecule has 0 amide bonds. The second-order valence-corrected chi connectivity index (χ2v) is 3.15. The Morgan fingerprint density at radius 3 is 2.92 bits per heavy atom. The molecule has 0 atom stereocenters. The van der Waals surface area contributed by atoms with E-state index in [1.165, 1.54) is 0 Å². The topological polar surface area (TPSA) is 29.5 Å². The van der Waals surface area contributed by atoms with Gasteiger partial charge in [-0.05, 0) is 17.7 Å². The van der Waals surface area contributed by atoms with Crippen LogP contribution in [0.2, 0.25) is 0 Å². The molecule has 1 aromatic carbocycles. The van der Waals surface area contributed by atoms with Gasteiger partial charge in [0.1, 0.15) is 12.4 Å². The summed E-state index contributed by atoms with van der Waals surface area (Å²) in [5.41, 5.74) is 0.817. The van der Waals surface area contributed by atoms with Crippen LogP contribution in [-0.2, 0) is 6.61 Å². The highest BCUT2D eigenvalue weighted by Crippen LogP contribution is 2.14. The van der Waals surface area contributed by atoms with Gasteiger partial charge in [-0.2, -0.15) is 0 Å². The molecule has 0 saturated carbocycles. The van der Waals surface area contributed by atoms with E-state index in [1.807, 2.05) is 12.1 Å². The molecule has 0 fully saturated rings. The minimum Gasteiger partial charge on any atom is -0.488 e. The van der Waals surface area contributed by atoms with E-state index in [4.69, 9.17) is 21.4 Å². The molecule has 0 aliphatic carbocycles. The summed E-state index contributed by atoms with van der Waals surface area (Å²) in [6, 6.07) is 7.21. The Hall–Kier alpha value is -0.990. The summed E-state index contributed by atoms with van der Waals surface area (Å²) >= 11 is 5.53. The molecule has 70 valence electrons. The van der Waals surface area contributed by atoms with Gasteiger partial charge in [-0.15, -0.1) is 0 Å². The Kier molecular flexibility index (Phi) is 3.80. The number of aliphatic hydroxyl groups excluding tert-OH is 1. The molecule has 3 heteroatoms. The largest absolute Gasteiger partial charge is 0.488 e. The highest BCUT2D eigenvalue weighted by Gasteiger charge is 1.96. The second-order valence-electron chi connectivity index (χ2n) is 2.61. The molecule has 0 aromatic heterocycles. The lowest BCUT2D eigenvalue weighted by atomic mass is 10.2.